The van der Waals surface area contributed by atoms with Crippen LogP contribution >= 0.6 is 11.6 Å². The van der Waals surface area contributed by atoms with Crippen molar-refractivity contribution in [2.24, 2.45) is 0 Å². The molecule has 0 radical (unpaired) electrons. The number of aromatic nitrogens is 1. The molecule has 0 unspecified atom stereocenters. The number of hydrogen-bond acceptors (Lipinski definition) is 5. The van der Waals surface area contributed by atoms with Gasteiger partial charge < -0.3 is 14.1 Å². The molecule has 0 atom stereocenters. The molecule has 3 aromatic rings. The first-order valence-electron chi connectivity index (χ1n) is 8.65. The van der Waals surface area contributed by atoms with Crippen LogP contribution in [0.15, 0.2) is 59.2 Å². The quantitative estimate of drug-likeness (QED) is 0.735. The third-order valence-corrected chi connectivity index (χ3v) is 4.71. The van der Waals surface area contributed by atoms with E-state index in [1.54, 1.807) is 18.2 Å². The van der Waals surface area contributed by atoms with Crippen LogP contribution < -0.4 is 10.2 Å². The van der Waals surface area contributed by atoms with Gasteiger partial charge in [0.15, 0.2) is 0 Å². The fraction of sp³-hybridized carbons (Fsp3) is 0.200. The molecule has 4 rings (SSSR count). The van der Waals surface area contributed by atoms with Crippen molar-refractivity contribution < 1.29 is 13.9 Å². The number of ether oxygens (including phenoxy) is 1. The minimum atomic E-state index is -0.281. The largest absolute Gasteiger partial charge is 0.431 e. The van der Waals surface area contributed by atoms with E-state index >= 15 is 0 Å². The van der Waals surface area contributed by atoms with Gasteiger partial charge in [0.1, 0.15) is 12.0 Å². The Balaban J connectivity index is 1.44. The maximum Gasteiger partial charge on any atom is 0.302 e. The van der Waals surface area contributed by atoms with Gasteiger partial charge in [0.05, 0.1) is 18.2 Å². The van der Waals surface area contributed by atoms with Crippen LogP contribution in [0.1, 0.15) is 10.4 Å². The normalized spacial score (nSPS) is 14.2. The molecule has 1 amide bonds. The van der Waals surface area contributed by atoms with Crippen molar-refractivity contribution in [2.45, 2.75) is 0 Å². The number of nitrogens with one attached hydrogen (secondary N) is 1. The van der Waals surface area contributed by atoms with Crippen LogP contribution in [0.2, 0.25) is 5.02 Å². The van der Waals surface area contributed by atoms with Gasteiger partial charge in [-0.2, -0.15) is 4.98 Å². The molecule has 1 aliphatic heterocycles. The van der Waals surface area contributed by atoms with Gasteiger partial charge in [0.2, 0.25) is 0 Å². The lowest BCUT2D eigenvalue weighted by Gasteiger charge is -2.28. The number of hydrogen-bond donors (Lipinski definition) is 1. The first-order valence-corrected chi connectivity index (χ1v) is 9.03. The second kappa shape index (κ2) is 7.82. The number of amides is 1. The maximum atomic E-state index is 12.4. The van der Waals surface area contributed by atoms with Gasteiger partial charge in [-0.05, 0) is 30.3 Å². The number of nitrogens with zero attached hydrogens (tertiary/aromatic N) is 2. The summed E-state index contributed by atoms with van der Waals surface area (Å²) in [4.78, 5) is 19.0. The summed E-state index contributed by atoms with van der Waals surface area (Å²) in [7, 11) is 0. The number of morpholine rings is 1. The van der Waals surface area contributed by atoms with E-state index in [0.29, 0.717) is 16.3 Å². The minimum Gasteiger partial charge on any atom is -0.431 e. The van der Waals surface area contributed by atoms with Gasteiger partial charge in [-0.3, -0.25) is 10.1 Å². The highest BCUT2D eigenvalue weighted by Crippen LogP contribution is 2.28. The monoisotopic (exact) mass is 383 g/mol. The molecule has 0 bridgehead atoms. The number of rotatable bonds is 4. The van der Waals surface area contributed by atoms with Gasteiger partial charge in [-0.15, -0.1) is 0 Å². The van der Waals surface area contributed by atoms with E-state index in [2.05, 4.69) is 15.2 Å². The van der Waals surface area contributed by atoms with Crippen molar-refractivity contribution in [3.63, 3.8) is 0 Å². The van der Waals surface area contributed by atoms with E-state index in [1.165, 1.54) is 6.26 Å². The van der Waals surface area contributed by atoms with Gasteiger partial charge in [0.25, 0.3) is 5.91 Å². The lowest BCUT2D eigenvalue weighted by molar-refractivity contribution is 0.102. The van der Waals surface area contributed by atoms with Gasteiger partial charge >= 0.3 is 6.01 Å². The van der Waals surface area contributed by atoms with Crippen LogP contribution in [0, 0.1) is 0 Å². The smallest absolute Gasteiger partial charge is 0.302 e. The van der Waals surface area contributed by atoms with Crippen molar-refractivity contribution in [3.8, 4) is 11.3 Å². The molecule has 6 nitrogen and oxygen atoms in total. The topological polar surface area (TPSA) is 67.6 Å². The molecule has 0 spiro atoms. The second-order valence-electron chi connectivity index (χ2n) is 6.12. The Morgan fingerprint density at radius 2 is 1.81 bits per heavy atom. The Morgan fingerprint density at radius 3 is 2.56 bits per heavy atom. The highest BCUT2D eigenvalue weighted by atomic mass is 35.5. The minimum absolute atomic E-state index is 0.132. The lowest BCUT2D eigenvalue weighted by atomic mass is 10.1. The van der Waals surface area contributed by atoms with Crippen molar-refractivity contribution in [1.29, 1.82) is 0 Å². The van der Waals surface area contributed by atoms with Crippen molar-refractivity contribution in [3.05, 3.63) is 65.4 Å². The van der Waals surface area contributed by atoms with Crippen molar-refractivity contribution in [2.75, 3.05) is 36.5 Å². The predicted octanol–water partition coefficient (Wildman–Crippen LogP) is 4.08. The summed E-state index contributed by atoms with van der Waals surface area (Å²) < 4.78 is 10.7. The van der Waals surface area contributed by atoms with Crippen molar-refractivity contribution in [1.82, 2.24) is 4.98 Å². The fourth-order valence-corrected chi connectivity index (χ4v) is 3.17. The van der Waals surface area contributed by atoms with Crippen LogP contribution in [-0.4, -0.2) is 37.2 Å². The molecule has 2 aromatic carbocycles. The Hall–Kier alpha value is -2.83. The molecule has 0 saturated carbocycles. The van der Waals surface area contributed by atoms with E-state index in [9.17, 15) is 4.79 Å². The lowest BCUT2D eigenvalue weighted by Crippen LogP contribution is -2.36. The third kappa shape index (κ3) is 3.97. The van der Waals surface area contributed by atoms with Crippen LogP contribution in [0.3, 0.4) is 0 Å². The highest BCUT2D eigenvalue weighted by Gasteiger charge is 2.15. The Morgan fingerprint density at radius 1 is 1.07 bits per heavy atom. The summed E-state index contributed by atoms with van der Waals surface area (Å²) in [5.74, 6) is -0.281. The van der Waals surface area contributed by atoms with Crippen LogP contribution in [-0.2, 0) is 4.74 Å². The van der Waals surface area contributed by atoms with Crippen LogP contribution in [0.25, 0.3) is 11.3 Å². The maximum absolute atomic E-state index is 12.4. The number of anilines is 2. The van der Waals surface area contributed by atoms with E-state index in [4.69, 9.17) is 20.8 Å². The van der Waals surface area contributed by atoms with Gasteiger partial charge in [-0.1, -0.05) is 29.8 Å². The van der Waals surface area contributed by atoms with E-state index in [1.807, 2.05) is 30.3 Å². The number of carbonyl (C=O) groups excluding carboxylic acids is 1. The molecule has 27 heavy (non-hydrogen) atoms. The number of oxazole rings is 1. The average molecular weight is 384 g/mol. The van der Waals surface area contributed by atoms with Gasteiger partial charge in [-0.25, -0.2) is 0 Å². The average Bonchev–Trinajstić information content (AvgIpc) is 3.17. The standard InChI is InChI=1S/C20H18ClN3O3/c21-17-4-2-1-3-16(17)18-13-27-20(22-18)23-19(25)14-5-7-15(8-6-14)24-9-11-26-12-10-24/h1-8,13H,9-12H2,(H,22,23,25). The fourth-order valence-electron chi connectivity index (χ4n) is 2.94. The van der Waals surface area contributed by atoms with Crippen LogP contribution in [0.4, 0.5) is 11.7 Å². The Kier molecular flexibility index (Phi) is 5.09. The molecule has 1 N–H and O–H groups in total. The SMILES string of the molecule is O=C(Nc1nc(-c2ccccc2Cl)co1)c1ccc(N2CCOCC2)cc1. The summed E-state index contributed by atoms with van der Waals surface area (Å²) in [6.07, 6.45) is 1.47. The highest BCUT2D eigenvalue weighted by molar-refractivity contribution is 6.33. The molecule has 1 saturated heterocycles. The molecule has 1 aliphatic rings. The Labute approximate surface area is 161 Å². The zero-order valence-electron chi connectivity index (χ0n) is 14.5. The summed E-state index contributed by atoms with van der Waals surface area (Å²) in [5.41, 5.74) is 2.92. The summed E-state index contributed by atoms with van der Waals surface area (Å²) >= 11 is 6.17. The van der Waals surface area contributed by atoms with Crippen LogP contribution in [0.5, 0.6) is 0 Å². The number of benzene rings is 2. The zero-order valence-corrected chi connectivity index (χ0v) is 15.3. The molecule has 2 heterocycles. The van der Waals surface area contributed by atoms with E-state index in [-0.39, 0.29) is 11.9 Å². The number of halogens is 1. The molecule has 138 valence electrons. The van der Waals surface area contributed by atoms with Gasteiger partial charge in [0, 0.05) is 29.9 Å². The van der Waals surface area contributed by atoms with Crippen molar-refractivity contribution >= 4 is 29.2 Å². The first-order chi connectivity index (χ1) is 13.2. The summed E-state index contributed by atoms with van der Waals surface area (Å²) in [5, 5.41) is 3.25. The molecule has 7 heteroatoms. The summed E-state index contributed by atoms with van der Waals surface area (Å²) in [6, 6.07) is 14.9. The van der Waals surface area contributed by atoms with E-state index < -0.39 is 0 Å². The first kappa shape index (κ1) is 17.6. The predicted molar refractivity (Wildman–Crippen MR) is 104 cm³/mol. The molecule has 0 aliphatic carbocycles. The van der Waals surface area contributed by atoms with E-state index in [0.717, 1.165) is 37.6 Å². The molecular formula is C20H18ClN3O3. The molecule has 1 fully saturated rings. The molecular weight excluding hydrogens is 366 g/mol. The Bertz CT molecular complexity index is 934. The number of carbonyl (C=O) groups is 1. The second-order valence-corrected chi connectivity index (χ2v) is 6.53. The summed E-state index contributed by atoms with van der Waals surface area (Å²) in [6.45, 7) is 3.15. The zero-order chi connectivity index (χ0) is 18.6. The molecule has 1 aromatic heterocycles. The third-order valence-electron chi connectivity index (χ3n) is 4.38.